The second-order valence-electron chi connectivity index (χ2n) is 5.54. The summed E-state index contributed by atoms with van der Waals surface area (Å²) in [5.41, 5.74) is 0.727. The van der Waals surface area contributed by atoms with Crippen molar-refractivity contribution in [1.82, 2.24) is 4.90 Å². The summed E-state index contributed by atoms with van der Waals surface area (Å²) in [6.07, 6.45) is 8.87. The van der Waals surface area contributed by atoms with Gasteiger partial charge in [0.15, 0.2) is 0 Å². The molecule has 0 amide bonds. The number of hydrogen-bond acceptors (Lipinski definition) is 1. The van der Waals surface area contributed by atoms with Crippen LogP contribution in [0.1, 0.15) is 45.4 Å². The van der Waals surface area contributed by atoms with Crippen molar-refractivity contribution in [3.8, 4) is 0 Å². The van der Waals surface area contributed by atoms with E-state index in [0.717, 1.165) is 11.3 Å². The van der Waals surface area contributed by atoms with E-state index in [2.05, 4.69) is 18.9 Å². The molecule has 2 aliphatic rings. The van der Waals surface area contributed by atoms with Gasteiger partial charge in [-0.05, 0) is 50.6 Å². The number of hydrogen-bond donors (Lipinski definition) is 0. The van der Waals surface area contributed by atoms with E-state index >= 15 is 0 Å². The normalized spacial score (nSPS) is 42.5. The fourth-order valence-corrected chi connectivity index (χ4v) is 3.48. The second-order valence-corrected chi connectivity index (χ2v) is 5.54. The first-order valence-electron chi connectivity index (χ1n) is 5.89. The molecular formula is C12H23N. The Labute approximate surface area is 82.5 Å². The Bertz CT molecular complexity index is 178. The van der Waals surface area contributed by atoms with Gasteiger partial charge in [-0.3, -0.25) is 0 Å². The Morgan fingerprint density at radius 2 is 2.08 bits per heavy atom. The summed E-state index contributed by atoms with van der Waals surface area (Å²) in [7, 11) is 2.30. The fraction of sp³-hybridized carbons (Fsp3) is 1.00. The Balaban J connectivity index is 2.03. The summed E-state index contributed by atoms with van der Waals surface area (Å²) in [5.74, 6) is 0.992. The Morgan fingerprint density at radius 3 is 2.77 bits per heavy atom. The molecule has 1 saturated heterocycles. The van der Waals surface area contributed by atoms with E-state index in [4.69, 9.17) is 0 Å². The van der Waals surface area contributed by atoms with Gasteiger partial charge in [0.2, 0.25) is 0 Å². The lowest BCUT2D eigenvalue weighted by molar-refractivity contribution is 0.186. The van der Waals surface area contributed by atoms with E-state index in [1.54, 1.807) is 0 Å². The van der Waals surface area contributed by atoms with E-state index in [1.165, 1.54) is 51.6 Å². The monoisotopic (exact) mass is 181 g/mol. The zero-order chi connectivity index (χ0) is 9.31. The molecule has 13 heavy (non-hydrogen) atoms. The smallest absolute Gasteiger partial charge is 0.00350 e. The third-order valence-electron chi connectivity index (χ3n) is 4.05. The van der Waals surface area contributed by atoms with Crippen LogP contribution in [-0.2, 0) is 0 Å². The maximum atomic E-state index is 2.56. The average Bonchev–Trinajstić information content (AvgIpc) is 2.30. The average molecular weight is 181 g/mol. The SMILES string of the molecule is CC1CCC2(CCCCN(C)C2)C1. The second kappa shape index (κ2) is 3.61. The zero-order valence-electron chi connectivity index (χ0n) is 9.18. The van der Waals surface area contributed by atoms with Crippen molar-refractivity contribution in [1.29, 1.82) is 0 Å². The molecule has 0 aromatic rings. The summed E-state index contributed by atoms with van der Waals surface area (Å²) >= 11 is 0. The summed E-state index contributed by atoms with van der Waals surface area (Å²) in [4.78, 5) is 2.56. The molecule has 2 unspecified atom stereocenters. The molecule has 0 aromatic carbocycles. The van der Waals surface area contributed by atoms with Gasteiger partial charge >= 0.3 is 0 Å². The van der Waals surface area contributed by atoms with Gasteiger partial charge < -0.3 is 4.90 Å². The van der Waals surface area contributed by atoms with E-state index in [1.807, 2.05) is 0 Å². The Morgan fingerprint density at radius 1 is 1.23 bits per heavy atom. The van der Waals surface area contributed by atoms with Crippen LogP contribution in [0.25, 0.3) is 0 Å². The number of rotatable bonds is 0. The van der Waals surface area contributed by atoms with Gasteiger partial charge in [0.05, 0.1) is 0 Å². The van der Waals surface area contributed by atoms with Crippen molar-refractivity contribution in [3.63, 3.8) is 0 Å². The lowest BCUT2D eigenvalue weighted by Gasteiger charge is -2.31. The molecule has 1 saturated carbocycles. The van der Waals surface area contributed by atoms with E-state index in [-0.39, 0.29) is 0 Å². The molecule has 1 spiro atoms. The first kappa shape index (κ1) is 9.51. The first-order valence-corrected chi connectivity index (χ1v) is 5.89. The van der Waals surface area contributed by atoms with Gasteiger partial charge in [-0.1, -0.05) is 19.8 Å². The molecular weight excluding hydrogens is 158 g/mol. The van der Waals surface area contributed by atoms with Crippen molar-refractivity contribution in [3.05, 3.63) is 0 Å². The van der Waals surface area contributed by atoms with Crippen molar-refractivity contribution in [2.45, 2.75) is 45.4 Å². The fourth-order valence-electron chi connectivity index (χ4n) is 3.48. The topological polar surface area (TPSA) is 3.24 Å². The van der Waals surface area contributed by atoms with E-state index in [0.29, 0.717) is 0 Å². The molecule has 1 aliphatic heterocycles. The minimum absolute atomic E-state index is 0.727. The summed E-state index contributed by atoms with van der Waals surface area (Å²) < 4.78 is 0. The van der Waals surface area contributed by atoms with Crippen molar-refractivity contribution >= 4 is 0 Å². The minimum Gasteiger partial charge on any atom is -0.306 e. The van der Waals surface area contributed by atoms with Crippen molar-refractivity contribution in [2.75, 3.05) is 20.1 Å². The number of likely N-dealkylation sites (tertiary alicyclic amines) is 1. The standard InChI is InChI=1S/C12H23N/c1-11-5-7-12(9-11)6-3-4-8-13(2)10-12/h11H,3-10H2,1-2H3. The van der Waals surface area contributed by atoms with Crippen LogP contribution in [0, 0.1) is 11.3 Å². The third kappa shape index (κ3) is 2.07. The van der Waals surface area contributed by atoms with Gasteiger partial charge in [-0.25, -0.2) is 0 Å². The minimum atomic E-state index is 0.727. The van der Waals surface area contributed by atoms with Crippen LogP contribution in [0.3, 0.4) is 0 Å². The van der Waals surface area contributed by atoms with Crippen LogP contribution >= 0.6 is 0 Å². The molecule has 76 valence electrons. The van der Waals surface area contributed by atoms with Gasteiger partial charge in [-0.15, -0.1) is 0 Å². The van der Waals surface area contributed by atoms with Gasteiger partial charge in [0.1, 0.15) is 0 Å². The quantitative estimate of drug-likeness (QED) is 0.555. The highest BCUT2D eigenvalue weighted by atomic mass is 15.1. The molecule has 2 fully saturated rings. The first-order chi connectivity index (χ1) is 6.20. The summed E-state index contributed by atoms with van der Waals surface area (Å²) in [6, 6.07) is 0. The molecule has 0 radical (unpaired) electrons. The molecule has 2 atom stereocenters. The summed E-state index contributed by atoms with van der Waals surface area (Å²) in [5, 5.41) is 0. The van der Waals surface area contributed by atoms with Gasteiger partial charge in [-0.2, -0.15) is 0 Å². The predicted molar refractivity (Wildman–Crippen MR) is 56.8 cm³/mol. The Hall–Kier alpha value is -0.0400. The van der Waals surface area contributed by atoms with E-state index in [9.17, 15) is 0 Å². The van der Waals surface area contributed by atoms with Crippen molar-refractivity contribution < 1.29 is 0 Å². The molecule has 2 rings (SSSR count). The highest BCUT2D eigenvalue weighted by molar-refractivity contribution is 4.91. The molecule has 1 heterocycles. The zero-order valence-corrected chi connectivity index (χ0v) is 9.18. The van der Waals surface area contributed by atoms with Crippen LogP contribution < -0.4 is 0 Å². The molecule has 0 aromatic heterocycles. The molecule has 1 aliphatic carbocycles. The summed E-state index contributed by atoms with van der Waals surface area (Å²) in [6.45, 7) is 5.13. The van der Waals surface area contributed by atoms with Gasteiger partial charge in [0.25, 0.3) is 0 Å². The van der Waals surface area contributed by atoms with E-state index < -0.39 is 0 Å². The van der Waals surface area contributed by atoms with Gasteiger partial charge in [0, 0.05) is 6.54 Å². The van der Waals surface area contributed by atoms with Crippen LogP contribution in [0.15, 0.2) is 0 Å². The van der Waals surface area contributed by atoms with Crippen LogP contribution in [0.2, 0.25) is 0 Å². The van der Waals surface area contributed by atoms with Crippen LogP contribution in [0.4, 0.5) is 0 Å². The third-order valence-corrected chi connectivity index (χ3v) is 4.05. The molecule has 1 nitrogen and oxygen atoms in total. The molecule has 0 N–H and O–H groups in total. The largest absolute Gasteiger partial charge is 0.306 e. The van der Waals surface area contributed by atoms with Crippen LogP contribution in [-0.4, -0.2) is 25.0 Å². The Kier molecular flexibility index (Phi) is 2.64. The van der Waals surface area contributed by atoms with Crippen molar-refractivity contribution in [2.24, 2.45) is 11.3 Å². The molecule has 1 heteroatoms. The maximum absolute atomic E-state index is 2.56. The number of nitrogens with zero attached hydrogens (tertiary/aromatic N) is 1. The highest BCUT2D eigenvalue weighted by Crippen LogP contribution is 2.46. The highest BCUT2D eigenvalue weighted by Gasteiger charge is 2.38. The molecule has 0 bridgehead atoms. The predicted octanol–water partition coefficient (Wildman–Crippen LogP) is 2.91. The lowest BCUT2D eigenvalue weighted by Crippen LogP contribution is -2.31. The lowest BCUT2D eigenvalue weighted by atomic mass is 9.81. The van der Waals surface area contributed by atoms with Crippen LogP contribution in [0.5, 0.6) is 0 Å². The maximum Gasteiger partial charge on any atom is 0.00350 e.